The van der Waals surface area contributed by atoms with Gasteiger partial charge in [0, 0.05) is 46.1 Å². The minimum Gasteiger partial charge on any atom is -0.489 e. The third-order valence-electron chi connectivity index (χ3n) is 7.49. The average Bonchev–Trinajstić information content (AvgIpc) is 3.78. The zero-order chi connectivity index (χ0) is 34.0. The van der Waals surface area contributed by atoms with Crippen LogP contribution in [-0.2, 0) is 13.2 Å². The molecule has 0 aliphatic rings. The van der Waals surface area contributed by atoms with Crippen molar-refractivity contribution in [1.29, 1.82) is 0 Å². The molecule has 0 saturated carbocycles. The van der Waals surface area contributed by atoms with E-state index in [1.807, 2.05) is 89.6 Å². The first-order chi connectivity index (χ1) is 23.9. The van der Waals surface area contributed by atoms with Gasteiger partial charge in [-0.05, 0) is 78.2 Å². The van der Waals surface area contributed by atoms with Crippen LogP contribution in [0.25, 0.3) is 22.5 Å². The Balaban J connectivity index is 0.901. The van der Waals surface area contributed by atoms with E-state index >= 15 is 0 Å². The third-order valence-corrected chi connectivity index (χ3v) is 8.83. The van der Waals surface area contributed by atoms with Crippen molar-refractivity contribution < 1.29 is 19.1 Å². The fourth-order valence-electron chi connectivity index (χ4n) is 4.94. The fourth-order valence-corrected chi connectivity index (χ4v) is 6.07. The van der Waals surface area contributed by atoms with Gasteiger partial charge < -0.3 is 31.6 Å². The van der Waals surface area contributed by atoms with E-state index in [9.17, 15) is 9.59 Å². The van der Waals surface area contributed by atoms with Gasteiger partial charge in [0.05, 0.1) is 11.4 Å². The minimum atomic E-state index is -0.184. The van der Waals surface area contributed by atoms with Crippen molar-refractivity contribution in [2.45, 2.75) is 19.6 Å². The molecular weight excluding hydrogens is 657 g/mol. The van der Waals surface area contributed by atoms with Crippen LogP contribution >= 0.6 is 22.7 Å². The zero-order valence-electron chi connectivity index (χ0n) is 26.4. The SMILES string of the molecule is Nc1nc(-c2ccc(OCc3cccc(C(=O)NCCCNC(=O)c4ccc(COc5ccccc5-c5csc(N)n5)cc4)c3)cc2)cs1. The van der Waals surface area contributed by atoms with Gasteiger partial charge in [-0.15, -0.1) is 22.7 Å². The summed E-state index contributed by atoms with van der Waals surface area (Å²) in [5.74, 6) is 1.06. The lowest BCUT2D eigenvalue weighted by Gasteiger charge is -2.11. The molecule has 12 heteroatoms. The number of anilines is 2. The van der Waals surface area contributed by atoms with Crippen molar-refractivity contribution in [3.63, 3.8) is 0 Å². The van der Waals surface area contributed by atoms with E-state index in [0.717, 1.165) is 33.6 Å². The highest BCUT2D eigenvalue weighted by molar-refractivity contribution is 7.14. The molecule has 0 atom stereocenters. The molecule has 2 heterocycles. The van der Waals surface area contributed by atoms with E-state index in [0.29, 0.717) is 65.6 Å². The number of hydrogen-bond acceptors (Lipinski definition) is 10. The van der Waals surface area contributed by atoms with E-state index in [2.05, 4.69) is 20.6 Å². The molecule has 0 spiro atoms. The summed E-state index contributed by atoms with van der Waals surface area (Å²) in [7, 11) is 0. The largest absolute Gasteiger partial charge is 0.489 e. The van der Waals surface area contributed by atoms with Crippen molar-refractivity contribution >= 4 is 44.8 Å². The van der Waals surface area contributed by atoms with Crippen LogP contribution in [0.15, 0.2) is 108 Å². The molecule has 49 heavy (non-hydrogen) atoms. The second-order valence-corrected chi connectivity index (χ2v) is 12.8. The Labute approximate surface area is 291 Å². The molecule has 6 N–H and O–H groups in total. The number of nitrogens with zero attached hydrogens (tertiary/aromatic N) is 2. The Morgan fingerprint density at radius 1 is 0.653 bits per heavy atom. The number of rotatable bonds is 14. The topological polar surface area (TPSA) is 154 Å². The molecular formula is C37H34N6O4S2. The second-order valence-electron chi connectivity index (χ2n) is 11.0. The lowest BCUT2D eigenvalue weighted by molar-refractivity contribution is 0.0951. The molecule has 0 bridgehead atoms. The van der Waals surface area contributed by atoms with Gasteiger partial charge in [0.15, 0.2) is 10.3 Å². The Hall–Kier alpha value is -5.72. The van der Waals surface area contributed by atoms with Gasteiger partial charge in [0.2, 0.25) is 0 Å². The molecule has 0 aliphatic carbocycles. The number of hydrogen-bond donors (Lipinski definition) is 4. The van der Waals surface area contributed by atoms with Crippen LogP contribution < -0.4 is 31.6 Å². The van der Waals surface area contributed by atoms with Crippen LogP contribution in [0.1, 0.15) is 38.3 Å². The number of nitrogens with one attached hydrogen (secondary N) is 2. The first-order valence-corrected chi connectivity index (χ1v) is 17.3. The molecule has 2 amide bonds. The standard InChI is InChI=1S/C37H34N6O4S2/c38-36-42-31(22-48-36)26-13-15-29(16-14-26)46-21-25-5-3-6-28(19-25)35(45)41-18-4-17-40-34(44)27-11-9-24(10-12-27)20-47-33-8-2-1-7-30(33)32-23-49-37(39)43-32/h1-3,5-16,19,22-23H,4,17-18,20-21H2,(H2,38,42)(H2,39,43)(H,40,44)(H,41,45). The predicted molar refractivity (Wildman–Crippen MR) is 195 cm³/mol. The second kappa shape index (κ2) is 15.9. The van der Waals surface area contributed by atoms with Gasteiger partial charge in [-0.2, -0.15) is 0 Å². The monoisotopic (exact) mass is 690 g/mol. The molecule has 6 aromatic rings. The molecule has 248 valence electrons. The maximum Gasteiger partial charge on any atom is 0.251 e. The zero-order valence-corrected chi connectivity index (χ0v) is 28.1. The molecule has 2 aromatic heterocycles. The molecule has 4 aromatic carbocycles. The highest BCUT2D eigenvalue weighted by Gasteiger charge is 2.11. The Morgan fingerprint density at radius 3 is 2.00 bits per heavy atom. The molecule has 0 unspecified atom stereocenters. The van der Waals surface area contributed by atoms with Gasteiger partial charge in [-0.1, -0.05) is 36.4 Å². The summed E-state index contributed by atoms with van der Waals surface area (Å²) in [5.41, 5.74) is 17.9. The summed E-state index contributed by atoms with van der Waals surface area (Å²) >= 11 is 2.79. The summed E-state index contributed by atoms with van der Waals surface area (Å²) in [5, 5.41) is 10.7. The molecule has 6 rings (SSSR count). The first kappa shape index (κ1) is 33.2. The first-order valence-electron chi connectivity index (χ1n) is 15.5. The number of ether oxygens (including phenoxy) is 2. The Morgan fingerprint density at radius 2 is 1.31 bits per heavy atom. The van der Waals surface area contributed by atoms with E-state index < -0.39 is 0 Å². The van der Waals surface area contributed by atoms with Crippen LogP contribution in [0.4, 0.5) is 10.3 Å². The number of amides is 2. The average molecular weight is 691 g/mol. The van der Waals surface area contributed by atoms with Crippen LogP contribution in [0.3, 0.4) is 0 Å². The highest BCUT2D eigenvalue weighted by atomic mass is 32.1. The fraction of sp³-hybridized carbons (Fsp3) is 0.135. The number of carbonyl (C=O) groups is 2. The summed E-state index contributed by atoms with van der Waals surface area (Å²) in [4.78, 5) is 34.1. The molecule has 10 nitrogen and oxygen atoms in total. The summed E-state index contributed by atoms with van der Waals surface area (Å²) in [6.45, 7) is 1.50. The van der Waals surface area contributed by atoms with Crippen molar-refractivity contribution in [2.24, 2.45) is 0 Å². The number of nitrogen functional groups attached to an aromatic ring is 2. The third kappa shape index (κ3) is 9.01. The van der Waals surface area contributed by atoms with Gasteiger partial charge in [-0.3, -0.25) is 9.59 Å². The number of nitrogens with two attached hydrogens (primary N) is 2. The van der Waals surface area contributed by atoms with Gasteiger partial charge in [0.1, 0.15) is 24.7 Å². The molecule has 0 aliphatic heterocycles. The van der Waals surface area contributed by atoms with Gasteiger partial charge >= 0.3 is 0 Å². The maximum atomic E-state index is 12.8. The van der Waals surface area contributed by atoms with Crippen LogP contribution in [0.5, 0.6) is 11.5 Å². The van der Waals surface area contributed by atoms with E-state index in [4.69, 9.17) is 20.9 Å². The van der Waals surface area contributed by atoms with E-state index in [1.54, 1.807) is 18.2 Å². The number of thiazole rings is 2. The van der Waals surface area contributed by atoms with Crippen LogP contribution in [0.2, 0.25) is 0 Å². The number of carbonyl (C=O) groups excluding carboxylic acids is 2. The lowest BCUT2D eigenvalue weighted by atomic mass is 10.1. The molecule has 0 radical (unpaired) electrons. The smallest absolute Gasteiger partial charge is 0.251 e. The van der Waals surface area contributed by atoms with Crippen molar-refractivity contribution in [3.05, 3.63) is 130 Å². The summed E-state index contributed by atoms with van der Waals surface area (Å²) in [6, 6.07) is 29.9. The van der Waals surface area contributed by atoms with Crippen LogP contribution in [0, 0.1) is 0 Å². The maximum absolute atomic E-state index is 12.8. The summed E-state index contributed by atoms with van der Waals surface area (Å²) in [6.07, 6.45) is 0.583. The molecule has 0 fully saturated rings. The van der Waals surface area contributed by atoms with Crippen molar-refractivity contribution in [1.82, 2.24) is 20.6 Å². The lowest BCUT2D eigenvalue weighted by Crippen LogP contribution is -2.30. The van der Waals surface area contributed by atoms with Crippen LogP contribution in [-0.4, -0.2) is 34.9 Å². The van der Waals surface area contributed by atoms with Gasteiger partial charge in [-0.25, -0.2) is 9.97 Å². The van der Waals surface area contributed by atoms with Crippen molar-refractivity contribution in [3.8, 4) is 34.0 Å². The van der Waals surface area contributed by atoms with Gasteiger partial charge in [0.25, 0.3) is 11.8 Å². The van der Waals surface area contributed by atoms with E-state index in [-0.39, 0.29) is 11.8 Å². The highest BCUT2D eigenvalue weighted by Crippen LogP contribution is 2.32. The van der Waals surface area contributed by atoms with E-state index in [1.165, 1.54) is 22.7 Å². The minimum absolute atomic E-state index is 0.180. The number of benzene rings is 4. The number of para-hydroxylation sites is 1. The normalized spacial score (nSPS) is 10.8. The Kier molecular flexibility index (Phi) is 10.8. The molecule has 0 saturated heterocycles. The quantitative estimate of drug-likeness (QED) is 0.0910. The Bertz CT molecular complexity index is 2030. The number of aromatic nitrogens is 2. The summed E-state index contributed by atoms with van der Waals surface area (Å²) < 4.78 is 12.0. The predicted octanol–water partition coefficient (Wildman–Crippen LogP) is 6.81. The van der Waals surface area contributed by atoms with Crippen molar-refractivity contribution in [2.75, 3.05) is 24.6 Å².